The van der Waals surface area contributed by atoms with E-state index in [0.717, 1.165) is 0 Å². The molecule has 0 unspecified atom stereocenters. The number of rotatable bonds is 2. The zero-order valence-electron chi connectivity index (χ0n) is 19.4. The van der Waals surface area contributed by atoms with Gasteiger partial charge < -0.3 is 0 Å². The second kappa shape index (κ2) is 7.76. The van der Waals surface area contributed by atoms with Crippen molar-refractivity contribution in [2.24, 2.45) is 0 Å². The van der Waals surface area contributed by atoms with Gasteiger partial charge in [0, 0.05) is 30.4 Å². The first-order chi connectivity index (χ1) is 17.9. The first-order valence-electron chi connectivity index (χ1n) is 12.2. The fourth-order valence-electron chi connectivity index (χ4n) is 5.79. The summed E-state index contributed by atoms with van der Waals surface area (Å²) in [6.07, 6.45) is 0. The maximum absolute atomic E-state index is 2.37. The van der Waals surface area contributed by atoms with Crippen LogP contribution in [0.1, 0.15) is 0 Å². The van der Waals surface area contributed by atoms with E-state index in [1.54, 1.807) is 0 Å². The van der Waals surface area contributed by atoms with Crippen molar-refractivity contribution in [3.8, 4) is 22.3 Å². The van der Waals surface area contributed by atoms with Gasteiger partial charge >= 0.3 is 0 Å². The molecule has 2 heteroatoms. The largest absolute Gasteiger partial charge is 0.144 e. The molecule has 0 amide bonds. The molecule has 8 aromatic rings. The molecule has 168 valence electrons. The summed E-state index contributed by atoms with van der Waals surface area (Å²) in [6.45, 7) is 0. The summed E-state index contributed by atoms with van der Waals surface area (Å²) in [5.74, 6) is 0. The van der Waals surface area contributed by atoms with Crippen LogP contribution in [0.2, 0.25) is 0 Å². The molecule has 0 N–H and O–H groups in total. The Balaban J connectivity index is 1.54. The quantitative estimate of drug-likeness (QED) is 0.211. The van der Waals surface area contributed by atoms with Gasteiger partial charge in [0.05, 0.1) is 0 Å². The zero-order valence-corrected chi connectivity index (χ0v) is 21.0. The molecule has 2 heterocycles. The molecule has 0 saturated carbocycles. The molecule has 0 nitrogen and oxygen atoms in total. The molecule has 0 aliphatic carbocycles. The molecule has 36 heavy (non-hydrogen) atoms. The van der Waals surface area contributed by atoms with Gasteiger partial charge in [0.2, 0.25) is 0 Å². The molecule has 0 aliphatic rings. The van der Waals surface area contributed by atoms with Gasteiger partial charge in [0.1, 0.15) is 0 Å². The minimum Gasteiger partial charge on any atom is -0.144 e. The summed E-state index contributed by atoms with van der Waals surface area (Å²) in [5.41, 5.74) is 5.23. The lowest BCUT2D eigenvalue weighted by Crippen LogP contribution is -1.90. The van der Waals surface area contributed by atoms with Crippen LogP contribution in [0.15, 0.2) is 121 Å². The summed E-state index contributed by atoms with van der Waals surface area (Å²) in [4.78, 5) is 0. The third-order valence-corrected chi connectivity index (χ3v) is 9.42. The Morgan fingerprint density at radius 3 is 1.81 bits per heavy atom. The third kappa shape index (κ3) is 2.86. The molecule has 2 aromatic heterocycles. The minimum atomic E-state index is 1.26. The molecule has 0 atom stereocenters. The van der Waals surface area contributed by atoms with Crippen LogP contribution in [0.3, 0.4) is 0 Å². The van der Waals surface area contributed by atoms with Gasteiger partial charge in [-0.15, -0.1) is 22.7 Å². The second-order valence-corrected chi connectivity index (χ2v) is 11.3. The Kier molecular flexibility index (Phi) is 4.36. The fraction of sp³-hybridized carbons (Fsp3) is 0. The van der Waals surface area contributed by atoms with Gasteiger partial charge in [-0.25, -0.2) is 0 Å². The van der Waals surface area contributed by atoms with Gasteiger partial charge in [0.25, 0.3) is 0 Å². The van der Waals surface area contributed by atoms with E-state index in [9.17, 15) is 0 Å². The van der Waals surface area contributed by atoms with Crippen molar-refractivity contribution in [1.29, 1.82) is 0 Å². The number of thiophene rings is 2. The Morgan fingerprint density at radius 1 is 0.444 bits per heavy atom. The van der Waals surface area contributed by atoms with Crippen molar-refractivity contribution in [2.75, 3.05) is 0 Å². The van der Waals surface area contributed by atoms with Gasteiger partial charge in [-0.1, -0.05) is 97.1 Å². The van der Waals surface area contributed by atoms with E-state index in [2.05, 4.69) is 121 Å². The molecule has 6 aromatic carbocycles. The highest BCUT2D eigenvalue weighted by Gasteiger charge is 2.19. The molecular weight excluding hydrogens is 473 g/mol. The highest BCUT2D eigenvalue weighted by molar-refractivity contribution is 7.26. The molecule has 0 radical (unpaired) electrons. The lowest BCUT2D eigenvalue weighted by Gasteiger charge is -2.18. The summed E-state index contributed by atoms with van der Waals surface area (Å²) in [5, 5.41) is 11.4. The monoisotopic (exact) mass is 492 g/mol. The lowest BCUT2D eigenvalue weighted by atomic mass is 9.86. The van der Waals surface area contributed by atoms with Gasteiger partial charge in [0.15, 0.2) is 0 Å². The van der Waals surface area contributed by atoms with E-state index in [1.165, 1.54) is 74.1 Å². The summed E-state index contributed by atoms with van der Waals surface area (Å²) >= 11 is 3.75. The molecule has 8 rings (SSSR count). The Labute approximate surface area is 216 Å². The Hall–Kier alpha value is -3.98. The standard InChI is InChI=1S/C34H20S2/c1-2-9-21(10-3-1)32-23-11-4-6-13-25(23)33(26-14-7-5-12-24(26)32)28-16-8-15-27-29-19-22-17-18-35-30(22)20-31(29)36-34(27)28/h1-20H. The van der Waals surface area contributed by atoms with Crippen LogP contribution < -0.4 is 0 Å². The third-order valence-electron chi connectivity index (χ3n) is 7.34. The molecule has 0 bridgehead atoms. The molecule has 0 saturated heterocycles. The van der Waals surface area contributed by atoms with Crippen LogP contribution in [-0.2, 0) is 0 Å². The van der Waals surface area contributed by atoms with Crippen LogP contribution in [-0.4, -0.2) is 0 Å². The van der Waals surface area contributed by atoms with E-state index >= 15 is 0 Å². The first kappa shape index (κ1) is 20.2. The van der Waals surface area contributed by atoms with Crippen molar-refractivity contribution in [3.63, 3.8) is 0 Å². The van der Waals surface area contributed by atoms with E-state index in [0.29, 0.717) is 0 Å². The SMILES string of the molecule is c1ccc(-c2c3ccccc3c(-c3cccc4c3sc3cc5sccc5cc34)c3ccccc23)cc1. The molecule has 0 fully saturated rings. The van der Waals surface area contributed by atoms with Crippen LogP contribution >= 0.6 is 22.7 Å². The van der Waals surface area contributed by atoms with E-state index < -0.39 is 0 Å². The average Bonchev–Trinajstić information content (AvgIpc) is 3.54. The van der Waals surface area contributed by atoms with Gasteiger partial charge in [-0.3, -0.25) is 0 Å². The fourth-order valence-corrected chi connectivity index (χ4v) is 7.91. The van der Waals surface area contributed by atoms with E-state index in [4.69, 9.17) is 0 Å². The van der Waals surface area contributed by atoms with Crippen LogP contribution in [0.5, 0.6) is 0 Å². The predicted octanol–water partition coefficient (Wildman–Crippen LogP) is 10.9. The van der Waals surface area contributed by atoms with Gasteiger partial charge in [-0.05, 0) is 67.2 Å². The first-order valence-corrected chi connectivity index (χ1v) is 13.9. The van der Waals surface area contributed by atoms with Crippen molar-refractivity contribution in [1.82, 2.24) is 0 Å². The highest BCUT2D eigenvalue weighted by atomic mass is 32.1. The molecule has 0 aliphatic heterocycles. The highest BCUT2D eigenvalue weighted by Crippen LogP contribution is 2.48. The normalized spacial score (nSPS) is 11.9. The molecule has 0 spiro atoms. The topological polar surface area (TPSA) is 0 Å². The number of fused-ring (bicyclic) bond motifs is 6. The van der Waals surface area contributed by atoms with E-state index in [1.807, 2.05) is 22.7 Å². The maximum atomic E-state index is 2.37. The average molecular weight is 493 g/mol. The van der Waals surface area contributed by atoms with Crippen LogP contribution in [0, 0.1) is 0 Å². The maximum Gasteiger partial charge on any atom is 0.0434 e. The van der Waals surface area contributed by atoms with Crippen molar-refractivity contribution < 1.29 is 0 Å². The zero-order chi connectivity index (χ0) is 23.6. The summed E-state index contributed by atoms with van der Waals surface area (Å²) < 4.78 is 4.09. The Morgan fingerprint density at radius 2 is 1.08 bits per heavy atom. The number of hydrogen-bond donors (Lipinski definition) is 0. The van der Waals surface area contributed by atoms with Crippen molar-refractivity contribution in [2.45, 2.75) is 0 Å². The minimum absolute atomic E-state index is 1.26. The van der Waals surface area contributed by atoms with Crippen molar-refractivity contribution in [3.05, 3.63) is 121 Å². The Bertz CT molecular complexity index is 2030. The summed E-state index contributed by atoms with van der Waals surface area (Å²) in [6, 6.07) is 42.5. The number of hydrogen-bond acceptors (Lipinski definition) is 2. The van der Waals surface area contributed by atoms with Crippen LogP contribution in [0.4, 0.5) is 0 Å². The predicted molar refractivity (Wildman–Crippen MR) is 161 cm³/mol. The molecular formula is C34H20S2. The lowest BCUT2D eigenvalue weighted by molar-refractivity contribution is 1.67. The van der Waals surface area contributed by atoms with Gasteiger partial charge in [-0.2, -0.15) is 0 Å². The van der Waals surface area contributed by atoms with Crippen LogP contribution in [0.25, 0.3) is 74.1 Å². The second-order valence-electron chi connectivity index (χ2n) is 9.30. The number of benzene rings is 6. The summed E-state index contributed by atoms with van der Waals surface area (Å²) in [7, 11) is 0. The van der Waals surface area contributed by atoms with E-state index in [-0.39, 0.29) is 0 Å². The smallest absolute Gasteiger partial charge is 0.0434 e. The van der Waals surface area contributed by atoms with Crippen molar-refractivity contribution >= 4 is 74.5 Å².